The second-order valence-electron chi connectivity index (χ2n) is 4.64. The van der Waals surface area contributed by atoms with Crippen LogP contribution in [0.1, 0.15) is 42.0 Å². The molecule has 0 saturated carbocycles. The first-order chi connectivity index (χ1) is 13.8. The van der Waals surface area contributed by atoms with E-state index in [1.807, 2.05) is 0 Å². The van der Waals surface area contributed by atoms with E-state index in [9.17, 15) is 9.59 Å². The Balaban J connectivity index is -0.000000442. The predicted octanol–water partition coefficient (Wildman–Crippen LogP) is 1.10. The number of nitrogens with zero attached hydrogens (tertiary/aromatic N) is 2. The number of rotatable bonds is 5. The summed E-state index contributed by atoms with van der Waals surface area (Å²) in [5.41, 5.74) is 0.506. The van der Waals surface area contributed by atoms with Gasteiger partial charge in [0.2, 0.25) is 0 Å². The number of methoxy groups -OCH3 is 1. The van der Waals surface area contributed by atoms with Crippen molar-refractivity contribution in [2.75, 3.05) is 27.4 Å². The van der Waals surface area contributed by atoms with Crippen molar-refractivity contribution in [3.63, 3.8) is 0 Å². The molecule has 31 heavy (non-hydrogen) atoms. The maximum Gasteiger partial charge on any atom is 1.00 e. The normalized spacial score (nSPS) is 8.65. The van der Waals surface area contributed by atoms with Gasteiger partial charge < -0.3 is 19.3 Å². The minimum absolute atomic E-state index is 0. The van der Waals surface area contributed by atoms with Crippen LogP contribution in [0.15, 0.2) is 24.5 Å². The third-order valence-corrected chi connectivity index (χ3v) is 3.59. The van der Waals surface area contributed by atoms with Gasteiger partial charge in [-0.25, -0.2) is 19.6 Å². The maximum absolute atomic E-state index is 11.4. The van der Waals surface area contributed by atoms with Crippen molar-refractivity contribution < 1.29 is 58.5 Å². The molecule has 0 aliphatic rings. The van der Waals surface area contributed by atoms with Crippen molar-refractivity contribution >= 4 is 46.7 Å². The first kappa shape index (κ1) is 34.5. The smallest absolute Gasteiger partial charge is 0.857 e. The molecule has 0 spiro atoms. The standard InChI is InChI=1S/C9H10ClNO3.C8H7Cl2NO2.CH3O.CH4.Na/c1-3-14-9(12)6-5-11-8(10)4-7(6)13-2;1-2-13-8(12)5-4-11-7(10)3-6(5)9;1-2;;/h4-5H,3H2,1-2H3;3-4H,2H2,1H3;1H3;1H4;/q;;-1;;+1. The van der Waals surface area contributed by atoms with Crippen molar-refractivity contribution in [3.05, 3.63) is 51.0 Å². The van der Waals surface area contributed by atoms with Crippen LogP contribution in [0.3, 0.4) is 0 Å². The van der Waals surface area contributed by atoms with E-state index in [-0.39, 0.29) is 63.4 Å². The van der Waals surface area contributed by atoms with Crippen LogP contribution in [0.5, 0.6) is 5.75 Å². The molecule has 0 fully saturated rings. The summed E-state index contributed by atoms with van der Waals surface area (Å²) >= 11 is 16.9. The molecule has 0 aromatic carbocycles. The van der Waals surface area contributed by atoms with Gasteiger partial charge in [-0.2, -0.15) is 7.11 Å². The summed E-state index contributed by atoms with van der Waals surface area (Å²) in [6, 6.07) is 2.86. The molecule has 0 N–H and O–H groups in total. The average Bonchev–Trinajstić information content (AvgIpc) is 2.70. The zero-order chi connectivity index (χ0) is 22.4. The van der Waals surface area contributed by atoms with Gasteiger partial charge in [-0.3, -0.25) is 0 Å². The van der Waals surface area contributed by atoms with Crippen LogP contribution in [0.4, 0.5) is 0 Å². The number of aromatic nitrogens is 2. The Morgan fingerprint density at radius 3 is 1.74 bits per heavy atom. The van der Waals surface area contributed by atoms with Gasteiger partial charge in [0.15, 0.2) is 0 Å². The topological polar surface area (TPSA) is 111 Å². The van der Waals surface area contributed by atoms with Gasteiger partial charge in [-0.15, -0.1) is 0 Å². The molecule has 2 heterocycles. The zero-order valence-electron chi connectivity index (χ0n) is 17.2. The Hall–Kier alpha value is -1.13. The Labute approximate surface area is 219 Å². The quantitative estimate of drug-likeness (QED) is 0.337. The van der Waals surface area contributed by atoms with Crippen molar-refractivity contribution in [3.8, 4) is 5.75 Å². The molecule has 2 aromatic heterocycles. The molecular formula is C19H24Cl3N2NaO6. The summed E-state index contributed by atoms with van der Waals surface area (Å²) in [4.78, 5) is 30.0. The average molecular weight is 506 g/mol. The molecule has 0 amide bonds. The number of ether oxygens (including phenoxy) is 3. The van der Waals surface area contributed by atoms with Gasteiger partial charge >= 0.3 is 41.5 Å². The van der Waals surface area contributed by atoms with E-state index in [0.717, 1.165) is 7.11 Å². The van der Waals surface area contributed by atoms with Crippen molar-refractivity contribution in [1.82, 2.24) is 9.97 Å². The first-order valence-electron chi connectivity index (χ1n) is 8.09. The van der Waals surface area contributed by atoms with Crippen LogP contribution in [0, 0.1) is 0 Å². The summed E-state index contributed by atoms with van der Waals surface area (Å²) < 4.78 is 14.5. The SMILES string of the molecule is C.CCOC(=O)c1cnc(Cl)cc1Cl.CCOC(=O)c1cnc(Cl)cc1OC.C[O-].[Na+]. The van der Waals surface area contributed by atoms with Crippen LogP contribution in [0.2, 0.25) is 15.3 Å². The van der Waals surface area contributed by atoms with Gasteiger partial charge in [-0.1, -0.05) is 42.2 Å². The Bertz CT molecular complexity index is 812. The molecule has 0 atom stereocenters. The second-order valence-corrected chi connectivity index (χ2v) is 5.82. The molecule has 0 saturated heterocycles. The van der Waals surface area contributed by atoms with Gasteiger partial charge in [-0.05, 0) is 19.9 Å². The fourth-order valence-electron chi connectivity index (χ4n) is 1.71. The third-order valence-electron chi connectivity index (χ3n) is 2.86. The molecule has 0 aliphatic carbocycles. The van der Waals surface area contributed by atoms with Gasteiger partial charge in [0.05, 0.1) is 30.9 Å². The van der Waals surface area contributed by atoms with Gasteiger partial charge in [0.1, 0.15) is 21.6 Å². The van der Waals surface area contributed by atoms with E-state index in [4.69, 9.17) is 54.1 Å². The number of carbonyl (C=O) groups is 2. The molecular weight excluding hydrogens is 482 g/mol. The largest absolute Gasteiger partial charge is 1.00 e. The second kappa shape index (κ2) is 19.5. The van der Waals surface area contributed by atoms with Crippen LogP contribution < -0.4 is 39.4 Å². The molecule has 8 nitrogen and oxygen atoms in total. The van der Waals surface area contributed by atoms with Crippen molar-refractivity contribution in [2.45, 2.75) is 21.3 Å². The summed E-state index contributed by atoms with van der Waals surface area (Å²) in [7, 11) is 2.20. The van der Waals surface area contributed by atoms with Crippen molar-refractivity contribution in [2.24, 2.45) is 0 Å². The van der Waals surface area contributed by atoms with E-state index in [0.29, 0.717) is 19.0 Å². The number of pyridine rings is 2. The number of hydrogen-bond donors (Lipinski definition) is 0. The summed E-state index contributed by atoms with van der Waals surface area (Å²) in [5, 5.41) is 9.02. The Morgan fingerprint density at radius 2 is 1.32 bits per heavy atom. The zero-order valence-corrected chi connectivity index (χ0v) is 21.5. The molecule has 0 aliphatic heterocycles. The fourth-order valence-corrected chi connectivity index (χ4v) is 2.30. The van der Waals surface area contributed by atoms with E-state index in [1.165, 1.54) is 31.6 Å². The molecule has 168 valence electrons. The summed E-state index contributed by atoms with van der Waals surface area (Å²) in [5.74, 6) is -0.589. The molecule has 12 heteroatoms. The van der Waals surface area contributed by atoms with Crippen molar-refractivity contribution in [1.29, 1.82) is 0 Å². The third kappa shape index (κ3) is 12.5. The van der Waals surface area contributed by atoms with Crippen LogP contribution in [-0.4, -0.2) is 49.3 Å². The number of esters is 2. The van der Waals surface area contributed by atoms with Gasteiger partial charge in [0, 0.05) is 18.5 Å². The monoisotopic (exact) mass is 504 g/mol. The molecule has 2 aromatic rings. The molecule has 0 bridgehead atoms. The number of hydrogen-bond acceptors (Lipinski definition) is 8. The fraction of sp³-hybridized carbons (Fsp3) is 0.368. The summed E-state index contributed by atoms with van der Waals surface area (Å²) in [6.07, 6.45) is 2.63. The number of halogens is 3. The van der Waals surface area contributed by atoms with E-state index in [1.54, 1.807) is 13.8 Å². The van der Waals surface area contributed by atoms with E-state index in [2.05, 4.69) is 9.97 Å². The van der Waals surface area contributed by atoms with E-state index >= 15 is 0 Å². The minimum Gasteiger partial charge on any atom is -0.857 e. The van der Waals surface area contributed by atoms with Gasteiger partial charge in [0.25, 0.3) is 0 Å². The van der Waals surface area contributed by atoms with E-state index < -0.39 is 11.9 Å². The number of carbonyl (C=O) groups excluding carboxylic acids is 2. The predicted molar refractivity (Wildman–Crippen MR) is 115 cm³/mol. The minimum atomic E-state index is -0.489. The van der Waals surface area contributed by atoms with Crippen LogP contribution in [0.25, 0.3) is 0 Å². The maximum atomic E-state index is 11.4. The molecule has 0 unspecified atom stereocenters. The summed E-state index contributed by atoms with van der Waals surface area (Å²) in [6.45, 7) is 4.06. The first-order valence-corrected chi connectivity index (χ1v) is 9.23. The Kier molecular flexibility index (Phi) is 21.7. The van der Waals surface area contributed by atoms with Crippen LogP contribution >= 0.6 is 34.8 Å². The van der Waals surface area contributed by atoms with Crippen LogP contribution in [-0.2, 0) is 9.47 Å². The molecule has 0 radical (unpaired) electrons. The molecule has 2 rings (SSSR count). The Morgan fingerprint density at radius 1 is 0.903 bits per heavy atom.